The van der Waals surface area contributed by atoms with Crippen molar-refractivity contribution in [2.45, 2.75) is 50.4 Å². The number of nitrogens with zero attached hydrogens (tertiary/aromatic N) is 2. The van der Waals surface area contributed by atoms with Crippen molar-refractivity contribution < 1.29 is 28.2 Å². The molecule has 0 bridgehead atoms. The molecule has 1 aliphatic carbocycles. The maximum atomic E-state index is 13.5. The van der Waals surface area contributed by atoms with E-state index in [1.165, 1.54) is 24.3 Å². The second-order valence-corrected chi connectivity index (χ2v) is 6.55. The van der Waals surface area contributed by atoms with Gasteiger partial charge in [-0.1, -0.05) is 31.4 Å². The van der Waals surface area contributed by atoms with Crippen LogP contribution in [0.4, 0.5) is 13.2 Å². The van der Waals surface area contributed by atoms with E-state index in [1.54, 1.807) is 0 Å². The number of alkyl halides is 3. The molecule has 1 aromatic carbocycles. The predicted molar refractivity (Wildman–Crippen MR) is 83.9 cm³/mol. The number of para-hydroxylation sites is 1. The van der Waals surface area contributed by atoms with Gasteiger partial charge in [0.15, 0.2) is 0 Å². The molecule has 5 nitrogen and oxygen atoms in total. The largest absolute Gasteiger partial charge is 0.507 e. The summed E-state index contributed by atoms with van der Waals surface area (Å²) >= 11 is 0. The average Bonchev–Trinajstić information content (AvgIpc) is 2.94. The van der Waals surface area contributed by atoms with Crippen LogP contribution >= 0.6 is 0 Å². The highest BCUT2D eigenvalue weighted by atomic mass is 19.4. The molecule has 8 heteroatoms. The van der Waals surface area contributed by atoms with Gasteiger partial charge in [-0.2, -0.15) is 23.3 Å². The van der Waals surface area contributed by atoms with E-state index < -0.39 is 30.0 Å². The number of rotatable bonds is 2. The molecule has 25 heavy (non-hydrogen) atoms. The van der Waals surface area contributed by atoms with Gasteiger partial charge in [-0.25, -0.2) is 0 Å². The van der Waals surface area contributed by atoms with Gasteiger partial charge in [0.2, 0.25) is 0 Å². The van der Waals surface area contributed by atoms with Gasteiger partial charge in [0.25, 0.3) is 11.6 Å². The minimum Gasteiger partial charge on any atom is -0.507 e. The summed E-state index contributed by atoms with van der Waals surface area (Å²) < 4.78 is 40.6. The van der Waals surface area contributed by atoms with E-state index in [1.807, 2.05) is 0 Å². The lowest BCUT2D eigenvalue weighted by atomic mass is 9.83. The van der Waals surface area contributed by atoms with Crippen LogP contribution in [0.3, 0.4) is 0 Å². The Kier molecular flexibility index (Phi) is 4.49. The number of benzene rings is 1. The normalized spacial score (nSPS) is 25.1. The molecule has 1 aromatic rings. The number of phenols is 1. The van der Waals surface area contributed by atoms with Crippen molar-refractivity contribution in [3.63, 3.8) is 0 Å². The molecule has 1 fully saturated rings. The monoisotopic (exact) mass is 356 g/mol. The van der Waals surface area contributed by atoms with Gasteiger partial charge in [-0.05, 0) is 30.9 Å². The minimum atomic E-state index is -5.06. The smallest absolute Gasteiger partial charge is 0.438 e. The van der Waals surface area contributed by atoms with E-state index in [-0.39, 0.29) is 22.2 Å². The molecular weight excluding hydrogens is 337 g/mol. The first-order valence-corrected chi connectivity index (χ1v) is 8.23. The lowest BCUT2D eigenvalue weighted by Crippen LogP contribution is -2.56. The predicted octanol–water partition coefficient (Wildman–Crippen LogP) is 3.43. The summed E-state index contributed by atoms with van der Waals surface area (Å²) in [6.07, 6.45) is -1.61. The average molecular weight is 356 g/mol. The topological polar surface area (TPSA) is 73.1 Å². The summed E-state index contributed by atoms with van der Waals surface area (Å²) in [7, 11) is 0. The van der Waals surface area contributed by atoms with Crippen molar-refractivity contribution >= 4 is 11.6 Å². The van der Waals surface area contributed by atoms with Crippen LogP contribution in [0.5, 0.6) is 5.75 Å². The Bertz CT molecular complexity index is 699. The minimum absolute atomic E-state index is 0.0893. The van der Waals surface area contributed by atoms with Crippen LogP contribution in [0.25, 0.3) is 0 Å². The first-order valence-electron chi connectivity index (χ1n) is 8.23. The highest BCUT2D eigenvalue weighted by Crippen LogP contribution is 2.44. The Morgan fingerprint density at radius 3 is 2.44 bits per heavy atom. The first kappa shape index (κ1) is 17.7. The van der Waals surface area contributed by atoms with Gasteiger partial charge in [0.1, 0.15) is 5.75 Å². The molecule has 0 unspecified atom stereocenters. The van der Waals surface area contributed by atoms with Gasteiger partial charge in [-0.15, -0.1) is 0 Å². The molecule has 0 saturated heterocycles. The number of halogens is 3. The van der Waals surface area contributed by atoms with E-state index in [0.717, 1.165) is 19.3 Å². The lowest BCUT2D eigenvalue weighted by molar-refractivity contribution is -0.297. The van der Waals surface area contributed by atoms with Gasteiger partial charge >= 0.3 is 6.18 Å². The third-order valence-electron chi connectivity index (χ3n) is 4.86. The van der Waals surface area contributed by atoms with Gasteiger partial charge in [-0.3, -0.25) is 4.79 Å². The third kappa shape index (κ3) is 3.10. The highest BCUT2D eigenvalue weighted by Gasteiger charge is 2.63. The molecule has 136 valence electrons. The SMILES string of the molecule is O=C(c1ccccc1O)N1N=C(C2CCCCC2)C[C@]1(O)C(F)(F)F. The fourth-order valence-electron chi connectivity index (χ4n) is 3.44. The van der Waals surface area contributed by atoms with Crippen molar-refractivity contribution in [3.8, 4) is 5.75 Å². The number of aromatic hydroxyl groups is 1. The zero-order valence-electron chi connectivity index (χ0n) is 13.5. The Morgan fingerprint density at radius 1 is 1.20 bits per heavy atom. The van der Waals surface area contributed by atoms with Crippen LogP contribution in [-0.4, -0.2) is 38.7 Å². The molecule has 1 atom stereocenters. The van der Waals surface area contributed by atoms with Gasteiger partial charge in [0, 0.05) is 12.1 Å². The Morgan fingerprint density at radius 2 is 1.84 bits per heavy atom. The molecule has 2 N–H and O–H groups in total. The molecule has 0 radical (unpaired) electrons. The maximum Gasteiger partial charge on any atom is 0.438 e. The molecule has 0 spiro atoms. The zero-order chi connectivity index (χ0) is 18.2. The van der Waals surface area contributed by atoms with E-state index >= 15 is 0 Å². The fourth-order valence-corrected chi connectivity index (χ4v) is 3.44. The fraction of sp³-hybridized carbons (Fsp3) is 0.529. The summed E-state index contributed by atoms with van der Waals surface area (Å²) in [5, 5.41) is 24.0. The van der Waals surface area contributed by atoms with Crippen LogP contribution in [0.15, 0.2) is 29.4 Å². The third-order valence-corrected chi connectivity index (χ3v) is 4.86. The molecule has 1 amide bonds. The van der Waals surface area contributed by atoms with Crippen molar-refractivity contribution in [2.24, 2.45) is 11.0 Å². The highest BCUT2D eigenvalue weighted by molar-refractivity contribution is 6.00. The number of hydrogen-bond donors (Lipinski definition) is 2. The molecule has 1 saturated carbocycles. The van der Waals surface area contributed by atoms with Gasteiger partial charge in [0.05, 0.1) is 5.56 Å². The number of carbonyl (C=O) groups excluding carboxylic acids is 1. The van der Waals surface area contributed by atoms with E-state index in [0.29, 0.717) is 12.8 Å². The first-order chi connectivity index (χ1) is 11.7. The number of phenolic OH excluding ortho intramolecular Hbond substituents is 1. The van der Waals surface area contributed by atoms with Crippen molar-refractivity contribution in [3.05, 3.63) is 29.8 Å². The maximum absolute atomic E-state index is 13.5. The number of carbonyl (C=O) groups is 1. The number of hydrazone groups is 1. The molecule has 1 aliphatic heterocycles. The quantitative estimate of drug-likeness (QED) is 0.853. The molecule has 2 aliphatic rings. The summed E-state index contributed by atoms with van der Waals surface area (Å²) in [6, 6.07) is 5.26. The van der Waals surface area contributed by atoms with E-state index in [4.69, 9.17) is 0 Å². The van der Waals surface area contributed by atoms with Crippen molar-refractivity contribution in [1.29, 1.82) is 0 Å². The Hall–Kier alpha value is -2.09. The second kappa shape index (κ2) is 6.33. The molecule has 3 rings (SSSR count). The Labute approximate surface area is 142 Å². The summed E-state index contributed by atoms with van der Waals surface area (Å²) in [5.41, 5.74) is -3.53. The molecule has 0 aromatic heterocycles. The summed E-state index contributed by atoms with van der Waals surface area (Å²) in [6.45, 7) is 0. The number of hydrogen-bond acceptors (Lipinski definition) is 4. The van der Waals surface area contributed by atoms with Crippen molar-refractivity contribution in [1.82, 2.24) is 5.01 Å². The van der Waals surface area contributed by atoms with E-state index in [9.17, 15) is 28.2 Å². The zero-order valence-corrected chi connectivity index (χ0v) is 13.5. The Balaban J connectivity index is 1.98. The second-order valence-electron chi connectivity index (χ2n) is 6.55. The van der Waals surface area contributed by atoms with Crippen LogP contribution in [0.2, 0.25) is 0 Å². The number of amides is 1. The molecule has 1 heterocycles. The summed E-state index contributed by atoms with van der Waals surface area (Å²) in [5.74, 6) is -1.80. The van der Waals surface area contributed by atoms with E-state index in [2.05, 4.69) is 5.10 Å². The van der Waals surface area contributed by atoms with Gasteiger partial charge < -0.3 is 10.2 Å². The van der Waals surface area contributed by atoms with Crippen LogP contribution in [-0.2, 0) is 0 Å². The standard InChI is InChI=1S/C17H19F3N2O3/c18-17(19,20)16(25)10-13(11-6-2-1-3-7-11)21-22(16)15(24)12-8-4-5-9-14(12)23/h4-5,8-9,11,23,25H,1-3,6-7,10H2/t16-/m0/s1. The van der Waals surface area contributed by atoms with Crippen molar-refractivity contribution in [2.75, 3.05) is 0 Å². The van der Waals surface area contributed by atoms with Crippen LogP contribution in [0, 0.1) is 5.92 Å². The lowest BCUT2D eigenvalue weighted by Gasteiger charge is -2.32. The summed E-state index contributed by atoms with van der Waals surface area (Å²) in [4.78, 5) is 12.6. The number of aliphatic hydroxyl groups is 1. The van der Waals surface area contributed by atoms with Crippen LogP contribution < -0.4 is 0 Å². The van der Waals surface area contributed by atoms with Crippen LogP contribution in [0.1, 0.15) is 48.9 Å². The molecular formula is C17H19F3N2O3.